The topological polar surface area (TPSA) is 20.2 Å². The Bertz CT molecular complexity index is 293. The Morgan fingerprint density at radius 1 is 1.21 bits per heavy atom. The van der Waals surface area contributed by atoms with Gasteiger partial charge in [0.2, 0.25) is 0 Å². The molecule has 1 heteroatoms. The minimum atomic E-state index is -0.570. The first-order valence-corrected chi connectivity index (χ1v) is 5.51. The first kappa shape index (κ1) is 9.72. The summed E-state index contributed by atoms with van der Waals surface area (Å²) in [5.74, 6) is 0.388. The summed E-state index contributed by atoms with van der Waals surface area (Å²) < 4.78 is 0. The van der Waals surface area contributed by atoms with Crippen LogP contribution in [0.25, 0.3) is 0 Å². The fraction of sp³-hybridized carbons (Fsp3) is 0.538. The summed E-state index contributed by atoms with van der Waals surface area (Å²) in [4.78, 5) is 0. The fourth-order valence-electron chi connectivity index (χ4n) is 2.49. The van der Waals surface area contributed by atoms with Gasteiger partial charge in [0.1, 0.15) is 0 Å². The van der Waals surface area contributed by atoms with Gasteiger partial charge in [-0.1, -0.05) is 50.1 Å². The van der Waals surface area contributed by atoms with E-state index in [4.69, 9.17) is 0 Å². The van der Waals surface area contributed by atoms with E-state index in [0.717, 1.165) is 24.8 Å². The lowest BCUT2D eigenvalue weighted by Crippen LogP contribution is -2.36. The lowest BCUT2D eigenvalue weighted by atomic mass is 9.72. The fourth-order valence-corrected chi connectivity index (χ4v) is 2.49. The van der Waals surface area contributed by atoms with Crippen LogP contribution in [0.15, 0.2) is 30.3 Å². The van der Waals surface area contributed by atoms with E-state index in [-0.39, 0.29) is 0 Å². The van der Waals surface area contributed by atoms with Crippen molar-refractivity contribution in [1.82, 2.24) is 0 Å². The molecule has 2 atom stereocenters. The van der Waals surface area contributed by atoms with Crippen molar-refractivity contribution in [2.75, 3.05) is 0 Å². The zero-order chi connectivity index (χ0) is 10.0. The van der Waals surface area contributed by atoms with E-state index in [9.17, 15) is 5.11 Å². The number of benzene rings is 1. The third kappa shape index (κ3) is 1.57. The van der Waals surface area contributed by atoms with Crippen molar-refractivity contribution in [1.29, 1.82) is 0 Å². The Balaban J connectivity index is 2.30. The molecule has 0 unspecified atom stereocenters. The average molecular weight is 190 g/mol. The quantitative estimate of drug-likeness (QED) is 0.721. The van der Waals surface area contributed by atoms with Gasteiger partial charge >= 0.3 is 0 Å². The van der Waals surface area contributed by atoms with Crippen molar-refractivity contribution >= 4 is 0 Å². The first-order chi connectivity index (χ1) is 6.73. The lowest BCUT2D eigenvalue weighted by Gasteiger charge is -2.38. The number of hydrogen-bond donors (Lipinski definition) is 1. The predicted molar refractivity (Wildman–Crippen MR) is 58.0 cm³/mol. The third-order valence-electron chi connectivity index (χ3n) is 3.53. The second-order valence-corrected chi connectivity index (χ2v) is 4.44. The molecule has 14 heavy (non-hydrogen) atoms. The molecule has 1 aromatic rings. The van der Waals surface area contributed by atoms with Gasteiger partial charge in [0.15, 0.2) is 0 Å². The Hall–Kier alpha value is -0.820. The molecule has 2 rings (SSSR count). The van der Waals surface area contributed by atoms with Crippen molar-refractivity contribution in [3.05, 3.63) is 35.9 Å². The van der Waals surface area contributed by atoms with Gasteiger partial charge < -0.3 is 5.11 Å². The van der Waals surface area contributed by atoms with Gasteiger partial charge in [-0.05, 0) is 24.3 Å². The molecule has 1 nitrogen and oxygen atoms in total. The van der Waals surface area contributed by atoms with Gasteiger partial charge in [-0.25, -0.2) is 0 Å². The SMILES string of the molecule is C[C@@H]1CCCC[C@@]1(O)c1ccccc1. The van der Waals surface area contributed by atoms with Crippen molar-refractivity contribution in [3.63, 3.8) is 0 Å². The Morgan fingerprint density at radius 3 is 2.57 bits per heavy atom. The standard InChI is InChI=1S/C13H18O/c1-11-7-5-6-10-13(11,14)12-8-3-2-4-9-12/h2-4,8-9,11,14H,5-7,10H2,1H3/t11-,13+/m1/s1. The molecule has 1 aromatic carbocycles. The van der Waals surface area contributed by atoms with Crippen LogP contribution in [0.1, 0.15) is 38.2 Å². The highest BCUT2D eigenvalue weighted by Gasteiger charge is 2.37. The maximum absolute atomic E-state index is 10.6. The van der Waals surface area contributed by atoms with Gasteiger partial charge in [-0.2, -0.15) is 0 Å². The van der Waals surface area contributed by atoms with Crippen LogP contribution >= 0.6 is 0 Å². The van der Waals surface area contributed by atoms with Crippen molar-refractivity contribution in [2.24, 2.45) is 5.92 Å². The van der Waals surface area contributed by atoms with Gasteiger partial charge in [-0.3, -0.25) is 0 Å². The molecule has 1 fully saturated rings. The maximum Gasteiger partial charge on any atom is 0.0921 e. The molecule has 76 valence electrons. The molecule has 0 aliphatic heterocycles. The molecule has 0 spiro atoms. The van der Waals surface area contributed by atoms with Crippen LogP contribution in [0.2, 0.25) is 0 Å². The molecule has 0 bridgehead atoms. The zero-order valence-electron chi connectivity index (χ0n) is 8.74. The molecular weight excluding hydrogens is 172 g/mol. The summed E-state index contributed by atoms with van der Waals surface area (Å²) in [5.41, 5.74) is 0.520. The zero-order valence-corrected chi connectivity index (χ0v) is 8.74. The molecule has 0 radical (unpaired) electrons. The molecular formula is C13H18O. The summed E-state index contributed by atoms with van der Waals surface area (Å²) in [6, 6.07) is 10.1. The predicted octanol–water partition coefficient (Wildman–Crippen LogP) is 3.08. The molecule has 1 saturated carbocycles. The largest absolute Gasteiger partial charge is 0.385 e. The second-order valence-electron chi connectivity index (χ2n) is 4.44. The van der Waals surface area contributed by atoms with Gasteiger partial charge in [-0.15, -0.1) is 0 Å². The van der Waals surface area contributed by atoms with Gasteiger partial charge in [0.05, 0.1) is 5.60 Å². The van der Waals surface area contributed by atoms with Crippen LogP contribution in [0.3, 0.4) is 0 Å². The molecule has 0 aromatic heterocycles. The number of aliphatic hydroxyl groups is 1. The molecule has 1 N–H and O–H groups in total. The lowest BCUT2D eigenvalue weighted by molar-refractivity contribution is -0.0469. The van der Waals surface area contributed by atoms with Crippen LogP contribution < -0.4 is 0 Å². The monoisotopic (exact) mass is 190 g/mol. The summed E-state index contributed by atoms with van der Waals surface area (Å²) >= 11 is 0. The van der Waals surface area contributed by atoms with Crippen molar-refractivity contribution < 1.29 is 5.11 Å². The van der Waals surface area contributed by atoms with E-state index >= 15 is 0 Å². The summed E-state index contributed by atoms with van der Waals surface area (Å²) in [7, 11) is 0. The Kier molecular flexibility index (Phi) is 2.60. The first-order valence-electron chi connectivity index (χ1n) is 5.51. The van der Waals surface area contributed by atoms with E-state index in [1.54, 1.807) is 0 Å². The molecule has 1 aliphatic carbocycles. The van der Waals surface area contributed by atoms with Crippen molar-refractivity contribution in [2.45, 2.75) is 38.2 Å². The van der Waals surface area contributed by atoms with E-state index in [1.165, 1.54) is 6.42 Å². The Labute approximate surface area is 85.8 Å². The van der Waals surface area contributed by atoms with Crippen LogP contribution in [0, 0.1) is 5.92 Å². The van der Waals surface area contributed by atoms with Gasteiger partial charge in [0, 0.05) is 0 Å². The third-order valence-corrected chi connectivity index (χ3v) is 3.53. The van der Waals surface area contributed by atoms with Crippen molar-refractivity contribution in [3.8, 4) is 0 Å². The number of rotatable bonds is 1. The minimum absolute atomic E-state index is 0.388. The van der Waals surface area contributed by atoms with Crippen LogP contribution in [0.5, 0.6) is 0 Å². The average Bonchev–Trinajstić information content (AvgIpc) is 2.24. The van der Waals surface area contributed by atoms with Crippen LogP contribution in [-0.4, -0.2) is 5.11 Å². The van der Waals surface area contributed by atoms with Gasteiger partial charge in [0.25, 0.3) is 0 Å². The highest BCUT2D eigenvalue weighted by Crippen LogP contribution is 2.41. The van der Waals surface area contributed by atoms with E-state index in [0.29, 0.717) is 5.92 Å². The highest BCUT2D eigenvalue weighted by atomic mass is 16.3. The minimum Gasteiger partial charge on any atom is -0.385 e. The van der Waals surface area contributed by atoms with E-state index in [2.05, 4.69) is 6.92 Å². The summed E-state index contributed by atoms with van der Waals surface area (Å²) in [5, 5.41) is 10.6. The maximum atomic E-state index is 10.6. The van der Waals surface area contributed by atoms with E-state index in [1.807, 2.05) is 30.3 Å². The van der Waals surface area contributed by atoms with E-state index < -0.39 is 5.60 Å². The second kappa shape index (κ2) is 3.74. The van der Waals surface area contributed by atoms with Crippen LogP contribution in [0.4, 0.5) is 0 Å². The molecule has 0 saturated heterocycles. The summed E-state index contributed by atoms with van der Waals surface area (Å²) in [6.45, 7) is 2.16. The smallest absolute Gasteiger partial charge is 0.0921 e. The van der Waals surface area contributed by atoms with Crippen LogP contribution in [-0.2, 0) is 5.60 Å². The Morgan fingerprint density at radius 2 is 1.93 bits per heavy atom. The normalized spacial score (nSPS) is 32.9. The highest BCUT2D eigenvalue weighted by molar-refractivity contribution is 5.23. The molecule has 0 amide bonds. The number of hydrogen-bond acceptors (Lipinski definition) is 1. The molecule has 0 heterocycles. The molecule has 1 aliphatic rings. The summed E-state index contributed by atoms with van der Waals surface area (Å²) in [6.07, 6.45) is 4.47.